The summed E-state index contributed by atoms with van der Waals surface area (Å²) in [5, 5.41) is 0.125. The Morgan fingerprint density at radius 3 is 2.60 bits per heavy atom. The van der Waals surface area contributed by atoms with Crippen LogP contribution in [0.5, 0.6) is 0 Å². The van der Waals surface area contributed by atoms with Crippen molar-refractivity contribution in [3.8, 4) is 0 Å². The number of halogens is 3. The van der Waals surface area contributed by atoms with E-state index in [9.17, 15) is 4.39 Å². The molecule has 4 N–H and O–H groups in total. The largest absolute Gasteiger partial charge is 0.330 e. The van der Waals surface area contributed by atoms with Gasteiger partial charge in [-0.15, -0.1) is 12.4 Å². The van der Waals surface area contributed by atoms with E-state index in [0.717, 1.165) is 18.4 Å². The fourth-order valence-corrected chi connectivity index (χ4v) is 1.36. The molecule has 0 unspecified atom stereocenters. The molecule has 0 aliphatic rings. The molecule has 1 atom stereocenters. The van der Waals surface area contributed by atoms with Crippen LogP contribution in [0.2, 0.25) is 5.02 Å². The van der Waals surface area contributed by atoms with Crippen LogP contribution in [0.15, 0.2) is 18.2 Å². The maximum Gasteiger partial charge on any atom is 0.142 e. The minimum absolute atomic E-state index is 0. The Kier molecular flexibility index (Phi) is 6.85. The Morgan fingerprint density at radius 1 is 1.40 bits per heavy atom. The summed E-state index contributed by atoms with van der Waals surface area (Å²) >= 11 is 5.55. The van der Waals surface area contributed by atoms with Crippen LogP contribution in [0.1, 0.15) is 24.4 Å². The molecular formula is C10H15Cl2FN2. The first-order valence-corrected chi connectivity index (χ1v) is 4.93. The second-order valence-electron chi connectivity index (χ2n) is 3.21. The molecular weight excluding hydrogens is 238 g/mol. The molecule has 1 aromatic carbocycles. The third-order valence-corrected chi connectivity index (χ3v) is 2.40. The van der Waals surface area contributed by atoms with Gasteiger partial charge < -0.3 is 11.5 Å². The lowest BCUT2D eigenvalue weighted by molar-refractivity contribution is 0.597. The Balaban J connectivity index is 0.00000196. The molecule has 86 valence electrons. The first-order chi connectivity index (χ1) is 6.65. The van der Waals surface area contributed by atoms with Gasteiger partial charge in [0.25, 0.3) is 0 Å². The summed E-state index contributed by atoms with van der Waals surface area (Å²) < 4.78 is 13.0. The van der Waals surface area contributed by atoms with Crippen LogP contribution in [-0.4, -0.2) is 6.54 Å². The molecule has 1 rings (SSSR count). The molecule has 0 saturated carbocycles. The van der Waals surface area contributed by atoms with E-state index in [1.54, 1.807) is 6.07 Å². The third kappa shape index (κ3) is 4.34. The first kappa shape index (κ1) is 14.6. The average Bonchev–Trinajstić information content (AvgIpc) is 2.18. The predicted molar refractivity (Wildman–Crippen MR) is 63.9 cm³/mol. The summed E-state index contributed by atoms with van der Waals surface area (Å²) in [6.07, 6.45) is 1.60. The molecule has 0 aliphatic heterocycles. The van der Waals surface area contributed by atoms with Crippen LogP contribution in [0.4, 0.5) is 4.39 Å². The molecule has 15 heavy (non-hydrogen) atoms. The normalized spacial score (nSPS) is 12.0. The number of rotatable bonds is 4. The van der Waals surface area contributed by atoms with Crippen LogP contribution in [0, 0.1) is 5.82 Å². The van der Waals surface area contributed by atoms with Gasteiger partial charge >= 0.3 is 0 Å². The smallest absolute Gasteiger partial charge is 0.142 e. The Bertz CT molecular complexity index is 307. The number of hydrogen-bond donors (Lipinski definition) is 2. The van der Waals surface area contributed by atoms with Gasteiger partial charge in [-0.3, -0.25) is 0 Å². The molecule has 0 heterocycles. The van der Waals surface area contributed by atoms with Crippen LogP contribution >= 0.6 is 24.0 Å². The molecule has 0 radical (unpaired) electrons. The minimum Gasteiger partial charge on any atom is -0.330 e. The molecule has 0 fully saturated rings. The third-order valence-electron chi connectivity index (χ3n) is 2.09. The van der Waals surface area contributed by atoms with E-state index in [1.165, 1.54) is 12.1 Å². The van der Waals surface area contributed by atoms with Crippen molar-refractivity contribution in [3.63, 3.8) is 0 Å². The summed E-state index contributed by atoms with van der Waals surface area (Å²) in [4.78, 5) is 0. The zero-order chi connectivity index (χ0) is 10.6. The highest BCUT2D eigenvalue weighted by atomic mass is 35.5. The van der Waals surface area contributed by atoms with Crippen LogP contribution < -0.4 is 11.5 Å². The van der Waals surface area contributed by atoms with Crippen LogP contribution in [0.3, 0.4) is 0 Å². The van der Waals surface area contributed by atoms with Crippen molar-refractivity contribution in [1.82, 2.24) is 0 Å². The van der Waals surface area contributed by atoms with Gasteiger partial charge in [-0.2, -0.15) is 0 Å². The minimum atomic E-state index is -0.424. The van der Waals surface area contributed by atoms with E-state index in [0.29, 0.717) is 6.54 Å². The van der Waals surface area contributed by atoms with E-state index in [4.69, 9.17) is 23.1 Å². The zero-order valence-corrected chi connectivity index (χ0v) is 9.82. The van der Waals surface area contributed by atoms with E-state index < -0.39 is 5.82 Å². The molecule has 1 aromatic rings. The zero-order valence-electron chi connectivity index (χ0n) is 8.25. The van der Waals surface area contributed by atoms with Crippen LogP contribution in [-0.2, 0) is 0 Å². The SMILES string of the molecule is Cl.NCCC[C@@H](N)c1ccc(Cl)c(F)c1. The fraction of sp³-hybridized carbons (Fsp3) is 0.400. The summed E-state index contributed by atoms with van der Waals surface area (Å²) in [5.74, 6) is -0.424. The lowest BCUT2D eigenvalue weighted by Gasteiger charge is -2.11. The summed E-state index contributed by atoms with van der Waals surface area (Å²) in [6, 6.07) is 4.48. The summed E-state index contributed by atoms with van der Waals surface area (Å²) in [6.45, 7) is 0.601. The highest BCUT2D eigenvalue weighted by Crippen LogP contribution is 2.21. The first-order valence-electron chi connectivity index (χ1n) is 4.55. The van der Waals surface area contributed by atoms with Gasteiger partial charge in [0.1, 0.15) is 5.82 Å². The quantitative estimate of drug-likeness (QED) is 0.866. The van der Waals surface area contributed by atoms with Crippen LogP contribution in [0.25, 0.3) is 0 Å². The molecule has 0 aromatic heterocycles. The van der Waals surface area contributed by atoms with Gasteiger partial charge in [0.15, 0.2) is 0 Å². The Labute approximate surface area is 100 Å². The maximum absolute atomic E-state index is 13.0. The van der Waals surface area contributed by atoms with Crippen molar-refractivity contribution in [1.29, 1.82) is 0 Å². The van der Waals surface area contributed by atoms with Gasteiger partial charge in [-0.25, -0.2) is 4.39 Å². The number of hydrogen-bond acceptors (Lipinski definition) is 2. The second kappa shape index (κ2) is 7.01. The van der Waals surface area contributed by atoms with Crippen molar-refractivity contribution >= 4 is 24.0 Å². The topological polar surface area (TPSA) is 52.0 Å². The number of nitrogens with two attached hydrogens (primary N) is 2. The number of benzene rings is 1. The lowest BCUT2D eigenvalue weighted by Crippen LogP contribution is -2.12. The van der Waals surface area contributed by atoms with E-state index in [2.05, 4.69) is 0 Å². The summed E-state index contributed by atoms with van der Waals surface area (Å²) in [5.41, 5.74) is 12.0. The van der Waals surface area contributed by atoms with Crippen molar-refractivity contribution in [2.45, 2.75) is 18.9 Å². The summed E-state index contributed by atoms with van der Waals surface area (Å²) in [7, 11) is 0. The predicted octanol–water partition coefficient (Wildman–Crippen LogP) is 2.64. The maximum atomic E-state index is 13.0. The highest BCUT2D eigenvalue weighted by molar-refractivity contribution is 6.30. The molecule has 0 saturated heterocycles. The molecule has 0 amide bonds. The van der Waals surface area contributed by atoms with Gasteiger partial charge in [0.05, 0.1) is 5.02 Å². The van der Waals surface area contributed by atoms with Gasteiger partial charge in [-0.05, 0) is 37.1 Å². The standard InChI is InChI=1S/C10H14ClFN2.ClH/c11-8-4-3-7(6-9(8)12)10(14)2-1-5-13;/h3-4,6,10H,1-2,5,13-14H2;1H/t10-;/m1./s1. The lowest BCUT2D eigenvalue weighted by atomic mass is 10.0. The van der Waals surface area contributed by atoms with Crippen molar-refractivity contribution in [3.05, 3.63) is 34.6 Å². The van der Waals surface area contributed by atoms with Gasteiger partial charge in [0, 0.05) is 6.04 Å². The van der Waals surface area contributed by atoms with E-state index >= 15 is 0 Å². The Hall–Kier alpha value is -0.350. The molecule has 0 spiro atoms. The van der Waals surface area contributed by atoms with Gasteiger partial charge in [0.2, 0.25) is 0 Å². The van der Waals surface area contributed by atoms with Crippen molar-refractivity contribution in [2.24, 2.45) is 11.5 Å². The van der Waals surface area contributed by atoms with Crippen molar-refractivity contribution < 1.29 is 4.39 Å². The monoisotopic (exact) mass is 252 g/mol. The van der Waals surface area contributed by atoms with E-state index in [1.807, 2.05) is 0 Å². The average molecular weight is 253 g/mol. The second-order valence-corrected chi connectivity index (χ2v) is 3.62. The highest BCUT2D eigenvalue weighted by Gasteiger charge is 2.07. The fourth-order valence-electron chi connectivity index (χ4n) is 1.25. The molecule has 0 aliphatic carbocycles. The molecule has 0 bridgehead atoms. The molecule has 5 heteroatoms. The van der Waals surface area contributed by atoms with Crippen molar-refractivity contribution in [2.75, 3.05) is 6.54 Å². The Morgan fingerprint density at radius 2 is 2.07 bits per heavy atom. The van der Waals surface area contributed by atoms with E-state index in [-0.39, 0.29) is 23.5 Å². The van der Waals surface area contributed by atoms with Gasteiger partial charge in [-0.1, -0.05) is 17.7 Å². The molecule has 2 nitrogen and oxygen atoms in total.